The molecule has 0 spiro atoms. The van der Waals surface area contributed by atoms with Crippen molar-refractivity contribution in [1.29, 1.82) is 0 Å². The first-order valence-electron chi connectivity index (χ1n) is 6.56. The topological polar surface area (TPSA) is 45.3 Å². The molecule has 1 saturated heterocycles. The van der Waals surface area contributed by atoms with Crippen LogP contribution < -0.4 is 0 Å². The molecule has 4 nitrogen and oxygen atoms in total. The van der Waals surface area contributed by atoms with Gasteiger partial charge in [0.1, 0.15) is 10.2 Å². The van der Waals surface area contributed by atoms with Crippen LogP contribution in [0.1, 0.15) is 45.2 Å². The quantitative estimate of drug-likeness (QED) is 0.795. The van der Waals surface area contributed by atoms with E-state index in [0.29, 0.717) is 4.64 Å². The highest BCUT2D eigenvalue weighted by molar-refractivity contribution is 7.71. The maximum Gasteiger partial charge on any atom is 0.410 e. The Morgan fingerprint density at radius 1 is 1.53 bits per heavy atom. The molecule has 1 fully saturated rings. The number of H-pyrrole nitrogens is 1. The molecule has 1 aromatic heterocycles. The number of nitrogens with one attached hydrogen (secondary N) is 1. The SMILES string of the molecule is CC(C)(C)OC(=O)N1CCCC1c1ccc[nH]c1=S. The normalized spacial score (nSPS) is 19.5. The molecule has 19 heavy (non-hydrogen) atoms. The Kier molecular flexibility index (Phi) is 3.94. The number of hydrogen-bond donors (Lipinski definition) is 1. The van der Waals surface area contributed by atoms with E-state index >= 15 is 0 Å². The van der Waals surface area contributed by atoms with E-state index in [1.165, 1.54) is 0 Å². The molecular weight excluding hydrogens is 260 g/mol. The molecule has 1 N–H and O–H groups in total. The van der Waals surface area contributed by atoms with Crippen LogP contribution in [0.2, 0.25) is 0 Å². The van der Waals surface area contributed by atoms with Crippen LogP contribution in [0.3, 0.4) is 0 Å². The van der Waals surface area contributed by atoms with Gasteiger partial charge in [0.2, 0.25) is 0 Å². The molecule has 0 aliphatic carbocycles. The lowest BCUT2D eigenvalue weighted by Crippen LogP contribution is -2.36. The number of aromatic amines is 1. The van der Waals surface area contributed by atoms with Gasteiger partial charge in [0.25, 0.3) is 0 Å². The van der Waals surface area contributed by atoms with E-state index in [1.807, 2.05) is 32.9 Å². The van der Waals surface area contributed by atoms with Crippen molar-refractivity contribution >= 4 is 18.3 Å². The van der Waals surface area contributed by atoms with E-state index in [9.17, 15) is 4.79 Å². The van der Waals surface area contributed by atoms with Gasteiger partial charge in [0.15, 0.2) is 0 Å². The lowest BCUT2D eigenvalue weighted by atomic mass is 10.1. The van der Waals surface area contributed by atoms with E-state index in [0.717, 1.165) is 24.9 Å². The molecule has 1 amide bonds. The summed E-state index contributed by atoms with van der Waals surface area (Å²) in [6, 6.07) is 3.92. The highest BCUT2D eigenvalue weighted by Crippen LogP contribution is 2.33. The van der Waals surface area contributed by atoms with E-state index in [-0.39, 0.29) is 12.1 Å². The van der Waals surface area contributed by atoms with Gasteiger partial charge in [-0.2, -0.15) is 0 Å². The van der Waals surface area contributed by atoms with Crippen molar-refractivity contribution in [2.24, 2.45) is 0 Å². The molecule has 1 aliphatic heterocycles. The van der Waals surface area contributed by atoms with Crippen molar-refractivity contribution < 1.29 is 9.53 Å². The Bertz CT molecular complexity index is 519. The average Bonchev–Trinajstić information content (AvgIpc) is 2.76. The summed E-state index contributed by atoms with van der Waals surface area (Å²) in [7, 11) is 0. The lowest BCUT2D eigenvalue weighted by molar-refractivity contribution is 0.0224. The van der Waals surface area contributed by atoms with Crippen LogP contribution in [-0.4, -0.2) is 28.1 Å². The number of carbonyl (C=O) groups excluding carboxylic acids is 1. The molecule has 0 saturated carbocycles. The summed E-state index contributed by atoms with van der Waals surface area (Å²) in [5, 5.41) is 0. The van der Waals surface area contributed by atoms with Crippen LogP contribution in [0.4, 0.5) is 4.79 Å². The van der Waals surface area contributed by atoms with E-state index in [2.05, 4.69) is 4.98 Å². The Balaban J connectivity index is 2.20. The third-order valence-corrected chi connectivity index (χ3v) is 3.44. The first kappa shape index (κ1) is 14.1. The van der Waals surface area contributed by atoms with Crippen molar-refractivity contribution in [3.63, 3.8) is 0 Å². The molecule has 2 rings (SSSR count). The zero-order chi connectivity index (χ0) is 14.0. The largest absolute Gasteiger partial charge is 0.444 e. The van der Waals surface area contributed by atoms with Gasteiger partial charge in [0, 0.05) is 18.3 Å². The fraction of sp³-hybridized carbons (Fsp3) is 0.571. The van der Waals surface area contributed by atoms with Crippen molar-refractivity contribution in [3.8, 4) is 0 Å². The highest BCUT2D eigenvalue weighted by atomic mass is 32.1. The van der Waals surface area contributed by atoms with Crippen molar-refractivity contribution in [2.45, 2.75) is 45.3 Å². The summed E-state index contributed by atoms with van der Waals surface area (Å²) in [5.41, 5.74) is 0.532. The summed E-state index contributed by atoms with van der Waals surface area (Å²) < 4.78 is 6.15. The van der Waals surface area contributed by atoms with Crippen molar-refractivity contribution in [3.05, 3.63) is 28.5 Å². The molecule has 2 heterocycles. The van der Waals surface area contributed by atoms with Gasteiger partial charge in [-0.3, -0.25) is 0 Å². The van der Waals surface area contributed by atoms with Gasteiger partial charge in [-0.25, -0.2) is 4.79 Å². The molecule has 5 heteroatoms. The maximum atomic E-state index is 12.2. The van der Waals surface area contributed by atoms with Gasteiger partial charge in [-0.05, 0) is 39.7 Å². The van der Waals surface area contributed by atoms with Crippen LogP contribution in [-0.2, 0) is 4.74 Å². The summed E-state index contributed by atoms with van der Waals surface area (Å²) in [6.07, 6.45) is 3.46. The summed E-state index contributed by atoms with van der Waals surface area (Å²) in [5.74, 6) is 0. The second kappa shape index (κ2) is 5.33. The predicted molar refractivity (Wildman–Crippen MR) is 76.5 cm³/mol. The lowest BCUT2D eigenvalue weighted by Gasteiger charge is -2.28. The minimum Gasteiger partial charge on any atom is -0.444 e. The number of hydrogen-bond acceptors (Lipinski definition) is 3. The summed E-state index contributed by atoms with van der Waals surface area (Å²) in [6.45, 7) is 6.36. The van der Waals surface area contributed by atoms with Crippen molar-refractivity contribution in [1.82, 2.24) is 9.88 Å². The smallest absolute Gasteiger partial charge is 0.410 e. The number of amides is 1. The van der Waals surface area contributed by atoms with Gasteiger partial charge in [0.05, 0.1) is 6.04 Å². The first-order valence-corrected chi connectivity index (χ1v) is 6.96. The molecule has 1 aromatic rings. The van der Waals surface area contributed by atoms with Crippen LogP contribution in [0, 0.1) is 4.64 Å². The number of rotatable bonds is 1. The summed E-state index contributed by atoms with van der Waals surface area (Å²) in [4.78, 5) is 17.0. The van der Waals surface area contributed by atoms with Gasteiger partial charge in [-0.1, -0.05) is 18.3 Å². The van der Waals surface area contributed by atoms with E-state index < -0.39 is 5.60 Å². The van der Waals surface area contributed by atoms with Gasteiger partial charge < -0.3 is 14.6 Å². The van der Waals surface area contributed by atoms with E-state index in [1.54, 1.807) is 11.1 Å². The van der Waals surface area contributed by atoms with E-state index in [4.69, 9.17) is 17.0 Å². The monoisotopic (exact) mass is 280 g/mol. The van der Waals surface area contributed by atoms with Gasteiger partial charge in [-0.15, -0.1) is 0 Å². The number of aromatic nitrogens is 1. The number of ether oxygens (including phenoxy) is 1. The van der Waals surface area contributed by atoms with Crippen LogP contribution >= 0.6 is 12.2 Å². The summed E-state index contributed by atoms with van der Waals surface area (Å²) >= 11 is 5.30. The molecule has 1 atom stereocenters. The number of nitrogens with zero attached hydrogens (tertiary/aromatic N) is 1. The second-order valence-corrected chi connectivity index (χ2v) is 6.19. The Morgan fingerprint density at radius 2 is 2.26 bits per heavy atom. The van der Waals surface area contributed by atoms with Crippen LogP contribution in [0.25, 0.3) is 0 Å². The fourth-order valence-electron chi connectivity index (χ4n) is 2.33. The average molecular weight is 280 g/mol. The number of pyridine rings is 1. The third-order valence-electron chi connectivity index (χ3n) is 3.09. The predicted octanol–water partition coefficient (Wildman–Crippen LogP) is 3.82. The maximum absolute atomic E-state index is 12.2. The van der Waals surface area contributed by atoms with Crippen molar-refractivity contribution in [2.75, 3.05) is 6.54 Å². The van der Waals surface area contributed by atoms with Crippen LogP contribution in [0.5, 0.6) is 0 Å². The second-order valence-electron chi connectivity index (χ2n) is 5.79. The molecule has 0 bridgehead atoms. The zero-order valence-electron chi connectivity index (χ0n) is 11.6. The fourth-order valence-corrected chi connectivity index (χ4v) is 2.60. The first-order chi connectivity index (χ1) is 8.88. The molecule has 1 aliphatic rings. The third kappa shape index (κ3) is 3.35. The molecule has 0 radical (unpaired) electrons. The Morgan fingerprint density at radius 3 is 2.89 bits per heavy atom. The Labute approximate surface area is 118 Å². The minimum atomic E-state index is -0.468. The minimum absolute atomic E-state index is 0.0276. The van der Waals surface area contributed by atoms with Crippen LogP contribution in [0.15, 0.2) is 18.3 Å². The standard InChI is InChI=1S/C14H20N2O2S/c1-14(2,3)18-13(17)16-9-5-7-11(16)10-6-4-8-15-12(10)19/h4,6,8,11H,5,7,9H2,1-3H3,(H,15,19). The zero-order valence-corrected chi connectivity index (χ0v) is 12.4. The highest BCUT2D eigenvalue weighted by Gasteiger charge is 2.33. The number of likely N-dealkylation sites (tertiary alicyclic amines) is 1. The Hall–Kier alpha value is -1.36. The molecule has 1 unspecified atom stereocenters. The molecular formula is C14H20N2O2S. The molecule has 0 aromatic carbocycles. The van der Waals surface area contributed by atoms with Gasteiger partial charge >= 0.3 is 6.09 Å². The number of carbonyl (C=O) groups is 1. The molecule has 104 valence electrons.